The van der Waals surface area contributed by atoms with Gasteiger partial charge in [-0.25, -0.2) is 9.37 Å². The standard InChI is InChI=1S/C22H25F5N2O4/c1-9(30)8-13-11(3)28-19(29-20(13)31)18-15(10(2)21(4,33-18)22(25,26)27)12-6-7-14(23)16(24)17(12)32-5/h6-7,9-10,15,18,30H,8H2,1-5H3,(H,28,29,31)/t9-,10+,15+,18-,21-/m1/s1. The van der Waals surface area contributed by atoms with Crippen molar-refractivity contribution in [3.05, 3.63) is 56.8 Å². The van der Waals surface area contributed by atoms with Gasteiger partial charge in [-0.05, 0) is 26.8 Å². The summed E-state index contributed by atoms with van der Waals surface area (Å²) in [6.07, 6.45) is -7.10. The van der Waals surface area contributed by atoms with Crippen molar-refractivity contribution in [1.82, 2.24) is 9.97 Å². The van der Waals surface area contributed by atoms with Crippen LogP contribution in [0.15, 0.2) is 16.9 Å². The second kappa shape index (κ2) is 8.68. The van der Waals surface area contributed by atoms with E-state index >= 15 is 0 Å². The zero-order valence-corrected chi connectivity index (χ0v) is 18.7. The van der Waals surface area contributed by atoms with Crippen LogP contribution in [0, 0.1) is 24.5 Å². The van der Waals surface area contributed by atoms with Crippen LogP contribution in [0.2, 0.25) is 0 Å². The molecule has 6 nitrogen and oxygen atoms in total. The van der Waals surface area contributed by atoms with Crippen molar-refractivity contribution < 1.29 is 36.5 Å². The monoisotopic (exact) mass is 476 g/mol. The topological polar surface area (TPSA) is 84.4 Å². The first kappa shape index (κ1) is 25.1. The number of alkyl halides is 3. The molecule has 1 aromatic carbocycles. The Morgan fingerprint density at radius 2 is 1.97 bits per heavy atom. The number of aryl methyl sites for hydroxylation is 1. The summed E-state index contributed by atoms with van der Waals surface area (Å²) in [4.78, 5) is 19.4. The van der Waals surface area contributed by atoms with E-state index in [9.17, 15) is 31.9 Å². The van der Waals surface area contributed by atoms with Gasteiger partial charge in [0.1, 0.15) is 11.9 Å². The van der Waals surface area contributed by atoms with E-state index in [1.165, 1.54) is 20.8 Å². The Kier molecular flexibility index (Phi) is 6.60. The lowest BCUT2D eigenvalue weighted by atomic mass is 9.77. The molecule has 1 aliphatic heterocycles. The molecule has 1 aromatic heterocycles. The van der Waals surface area contributed by atoms with Crippen LogP contribution in [0.3, 0.4) is 0 Å². The van der Waals surface area contributed by atoms with E-state index in [4.69, 9.17) is 9.47 Å². The molecule has 11 heteroatoms. The van der Waals surface area contributed by atoms with Crippen LogP contribution in [0.4, 0.5) is 22.0 Å². The molecule has 2 N–H and O–H groups in total. The Bertz CT molecular complexity index is 1100. The lowest BCUT2D eigenvalue weighted by molar-refractivity contribution is -0.275. The molecule has 3 rings (SSSR count). The van der Waals surface area contributed by atoms with Gasteiger partial charge in [0, 0.05) is 35.1 Å². The maximum absolute atomic E-state index is 14.4. The van der Waals surface area contributed by atoms with Gasteiger partial charge in [0.25, 0.3) is 5.56 Å². The number of aromatic nitrogens is 2. The number of aromatic amines is 1. The highest BCUT2D eigenvalue weighted by Crippen LogP contribution is 2.59. The third-order valence-electron chi connectivity index (χ3n) is 6.32. The summed E-state index contributed by atoms with van der Waals surface area (Å²) in [5, 5.41) is 9.61. The average Bonchev–Trinajstić information content (AvgIpc) is 2.98. The number of aliphatic hydroxyl groups is 1. The van der Waals surface area contributed by atoms with Crippen LogP contribution < -0.4 is 10.3 Å². The van der Waals surface area contributed by atoms with Crippen molar-refractivity contribution in [2.75, 3.05) is 7.11 Å². The summed E-state index contributed by atoms with van der Waals surface area (Å²) < 4.78 is 80.9. The maximum atomic E-state index is 14.4. The third-order valence-corrected chi connectivity index (χ3v) is 6.32. The van der Waals surface area contributed by atoms with E-state index in [2.05, 4.69) is 9.97 Å². The Morgan fingerprint density at radius 1 is 1.33 bits per heavy atom. The first-order valence-electron chi connectivity index (χ1n) is 10.3. The normalized spacial score (nSPS) is 26.5. The number of ether oxygens (including phenoxy) is 2. The highest BCUT2D eigenvalue weighted by Gasteiger charge is 2.65. The van der Waals surface area contributed by atoms with E-state index in [0.717, 1.165) is 26.2 Å². The van der Waals surface area contributed by atoms with Crippen LogP contribution in [0.1, 0.15) is 55.4 Å². The number of nitrogens with one attached hydrogen (secondary N) is 1. The molecule has 1 saturated heterocycles. The zero-order chi connectivity index (χ0) is 24.9. The third kappa shape index (κ3) is 4.23. The molecular formula is C22H25F5N2O4. The predicted octanol–water partition coefficient (Wildman–Crippen LogP) is 4.10. The summed E-state index contributed by atoms with van der Waals surface area (Å²) in [6.45, 7) is 5.12. The second-order valence-corrected chi connectivity index (χ2v) is 8.51. The minimum atomic E-state index is -4.81. The van der Waals surface area contributed by atoms with E-state index in [0.29, 0.717) is 0 Å². The van der Waals surface area contributed by atoms with Crippen LogP contribution in [-0.4, -0.2) is 40.1 Å². The molecular weight excluding hydrogens is 451 g/mol. The van der Waals surface area contributed by atoms with Crippen molar-refractivity contribution in [2.45, 2.75) is 64.0 Å². The van der Waals surface area contributed by atoms with Gasteiger partial charge < -0.3 is 19.6 Å². The van der Waals surface area contributed by atoms with Gasteiger partial charge in [0.15, 0.2) is 17.2 Å². The summed E-state index contributed by atoms with van der Waals surface area (Å²) in [5.41, 5.74) is -2.97. The minimum Gasteiger partial charge on any atom is -0.493 e. The van der Waals surface area contributed by atoms with E-state index in [1.54, 1.807) is 0 Å². The molecule has 0 unspecified atom stereocenters. The molecule has 0 aliphatic carbocycles. The fourth-order valence-electron chi connectivity index (χ4n) is 4.35. The summed E-state index contributed by atoms with van der Waals surface area (Å²) >= 11 is 0. The molecule has 0 spiro atoms. The van der Waals surface area contributed by atoms with Gasteiger partial charge in [0.2, 0.25) is 5.82 Å². The molecule has 0 bridgehead atoms. The van der Waals surface area contributed by atoms with Gasteiger partial charge in [-0.1, -0.05) is 13.0 Å². The molecule has 182 valence electrons. The number of rotatable bonds is 5. The minimum absolute atomic E-state index is 0.00291. The number of halogens is 5. The van der Waals surface area contributed by atoms with Crippen LogP contribution in [0.25, 0.3) is 0 Å². The van der Waals surface area contributed by atoms with Gasteiger partial charge in [-0.3, -0.25) is 4.79 Å². The summed E-state index contributed by atoms with van der Waals surface area (Å²) in [5.74, 6) is -5.77. The Balaban J connectivity index is 2.23. The Labute approximate surface area is 186 Å². The van der Waals surface area contributed by atoms with Crippen molar-refractivity contribution >= 4 is 0 Å². The summed E-state index contributed by atoms with van der Waals surface area (Å²) in [6, 6.07) is 1.94. The van der Waals surface area contributed by atoms with Crippen molar-refractivity contribution in [3.8, 4) is 5.75 Å². The molecule has 2 aromatic rings. The van der Waals surface area contributed by atoms with Gasteiger partial charge in [0.05, 0.1) is 13.2 Å². The SMILES string of the molecule is COc1c([C@H]2[C@H](c3nc(C)c(C[C@@H](C)O)c(=O)[nH]3)O[C@@](C)(C(F)(F)F)[C@H]2C)ccc(F)c1F. The van der Waals surface area contributed by atoms with Crippen molar-refractivity contribution in [2.24, 2.45) is 5.92 Å². The molecule has 1 fully saturated rings. The van der Waals surface area contributed by atoms with E-state index in [1.807, 2.05) is 0 Å². The van der Waals surface area contributed by atoms with Crippen LogP contribution in [-0.2, 0) is 11.2 Å². The lowest BCUT2D eigenvalue weighted by Gasteiger charge is -2.32. The number of nitrogens with zero attached hydrogens (tertiary/aromatic N) is 1. The number of hydrogen-bond acceptors (Lipinski definition) is 5. The Morgan fingerprint density at radius 3 is 2.48 bits per heavy atom. The number of hydrogen-bond donors (Lipinski definition) is 2. The molecule has 1 aliphatic rings. The summed E-state index contributed by atoms with van der Waals surface area (Å²) in [7, 11) is 1.08. The largest absolute Gasteiger partial charge is 0.493 e. The quantitative estimate of drug-likeness (QED) is 0.635. The predicted molar refractivity (Wildman–Crippen MR) is 108 cm³/mol. The van der Waals surface area contributed by atoms with Gasteiger partial charge in [-0.2, -0.15) is 17.6 Å². The van der Waals surface area contributed by atoms with Crippen molar-refractivity contribution in [1.29, 1.82) is 0 Å². The molecule has 2 heterocycles. The van der Waals surface area contributed by atoms with Crippen LogP contribution >= 0.6 is 0 Å². The van der Waals surface area contributed by atoms with Crippen molar-refractivity contribution in [3.63, 3.8) is 0 Å². The number of H-pyrrole nitrogens is 1. The van der Waals surface area contributed by atoms with Gasteiger partial charge >= 0.3 is 6.18 Å². The molecule has 5 atom stereocenters. The average molecular weight is 476 g/mol. The smallest absolute Gasteiger partial charge is 0.417 e. The first-order valence-corrected chi connectivity index (χ1v) is 10.3. The molecule has 0 amide bonds. The fourth-order valence-corrected chi connectivity index (χ4v) is 4.35. The lowest BCUT2D eigenvalue weighted by Crippen LogP contribution is -2.46. The number of aliphatic hydroxyl groups excluding tert-OH is 1. The number of methoxy groups -OCH3 is 1. The highest BCUT2D eigenvalue weighted by molar-refractivity contribution is 5.41. The molecule has 33 heavy (non-hydrogen) atoms. The Hall–Kier alpha value is -2.53. The molecule has 0 radical (unpaired) electrons. The van der Waals surface area contributed by atoms with Gasteiger partial charge in [-0.15, -0.1) is 0 Å². The van der Waals surface area contributed by atoms with Crippen LogP contribution in [0.5, 0.6) is 5.75 Å². The fraction of sp³-hybridized carbons (Fsp3) is 0.545. The molecule has 0 saturated carbocycles. The van der Waals surface area contributed by atoms with E-state index in [-0.39, 0.29) is 29.1 Å². The van der Waals surface area contributed by atoms with E-state index < -0.39 is 58.8 Å². The zero-order valence-electron chi connectivity index (χ0n) is 18.7. The first-order chi connectivity index (χ1) is 15.2. The maximum Gasteiger partial charge on any atom is 0.417 e. The second-order valence-electron chi connectivity index (χ2n) is 8.51. The highest BCUT2D eigenvalue weighted by atomic mass is 19.4. The number of benzene rings is 1.